The lowest BCUT2D eigenvalue weighted by Gasteiger charge is -2.27. The van der Waals surface area contributed by atoms with E-state index in [0.717, 1.165) is 9.37 Å². The first-order chi connectivity index (χ1) is 16.8. The zero-order valence-electron chi connectivity index (χ0n) is 18.1. The molecule has 1 aliphatic rings. The molecule has 35 heavy (non-hydrogen) atoms. The largest absolute Gasteiger partial charge is 0.495 e. The van der Waals surface area contributed by atoms with Crippen molar-refractivity contribution in [2.75, 3.05) is 12.0 Å². The van der Waals surface area contributed by atoms with Gasteiger partial charge in [-0.05, 0) is 60.7 Å². The fourth-order valence-electron chi connectivity index (χ4n) is 3.32. The molecule has 3 aromatic carbocycles. The monoisotopic (exact) mass is 598 g/mol. The highest BCUT2D eigenvalue weighted by Crippen LogP contribution is 2.32. The molecule has 10 heteroatoms. The van der Waals surface area contributed by atoms with Crippen LogP contribution in [0.5, 0.6) is 11.5 Å². The highest BCUT2D eigenvalue weighted by molar-refractivity contribution is 9.10. The lowest BCUT2D eigenvalue weighted by molar-refractivity contribution is -0.122. The molecule has 1 fully saturated rings. The van der Waals surface area contributed by atoms with E-state index >= 15 is 0 Å². The number of ether oxygens (including phenoxy) is 2. The van der Waals surface area contributed by atoms with Crippen molar-refractivity contribution in [3.63, 3.8) is 0 Å². The normalized spacial score (nSPS) is 14.7. The standard InChI is InChI=1S/C25H16Br2N2O6/c1-34-21-5-3-2-4-19(21)29-23(31)18(22(30)28-25(29)33)13-15-12-17(27)10-11-20(15)35-24(32)14-6-8-16(26)9-7-14/h2-13H,1H3,(H,28,30,33)/b18-13-. The van der Waals surface area contributed by atoms with Crippen molar-refractivity contribution in [1.82, 2.24) is 5.32 Å². The van der Waals surface area contributed by atoms with Gasteiger partial charge in [-0.15, -0.1) is 0 Å². The van der Waals surface area contributed by atoms with Gasteiger partial charge in [-0.2, -0.15) is 0 Å². The number of para-hydroxylation sites is 2. The minimum Gasteiger partial charge on any atom is -0.495 e. The average Bonchev–Trinajstić information content (AvgIpc) is 2.84. The van der Waals surface area contributed by atoms with Crippen LogP contribution < -0.4 is 19.7 Å². The van der Waals surface area contributed by atoms with E-state index in [0.29, 0.717) is 10.0 Å². The van der Waals surface area contributed by atoms with Crippen LogP contribution in [0.3, 0.4) is 0 Å². The number of carbonyl (C=O) groups is 4. The van der Waals surface area contributed by atoms with E-state index < -0.39 is 23.8 Å². The number of nitrogens with zero attached hydrogens (tertiary/aromatic N) is 1. The Morgan fingerprint density at radius 3 is 2.31 bits per heavy atom. The maximum atomic E-state index is 13.3. The first-order valence-corrected chi connectivity index (χ1v) is 11.7. The lowest BCUT2D eigenvalue weighted by atomic mass is 10.1. The number of hydrogen-bond donors (Lipinski definition) is 1. The van der Waals surface area contributed by atoms with Gasteiger partial charge in [-0.25, -0.2) is 14.5 Å². The van der Waals surface area contributed by atoms with E-state index in [1.165, 1.54) is 25.3 Å². The van der Waals surface area contributed by atoms with E-state index in [-0.39, 0.29) is 28.3 Å². The van der Waals surface area contributed by atoms with Crippen molar-refractivity contribution < 1.29 is 28.7 Å². The molecule has 0 bridgehead atoms. The molecular formula is C25H16Br2N2O6. The lowest BCUT2D eigenvalue weighted by Crippen LogP contribution is -2.54. The van der Waals surface area contributed by atoms with Crippen molar-refractivity contribution in [3.05, 3.63) is 92.4 Å². The molecule has 0 aliphatic carbocycles. The Balaban J connectivity index is 1.72. The number of carbonyl (C=O) groups excluding carboxylic acids is 4. The summed E-state index contributed by atoms with van der Waals surface area (Å²) in [7, 11) is 1.40. The van der Waals surface area contributed by atoms with Gasteiger partial charge in [0.05, 0.1) is 18.4 Å². The molecule has 0 radical (unpaired) electrons. The summed E-state index contributed by atoms with van der Waals surface area (Å²) in [6, 6.07) is 16.9. The second-order valence-corrected chi connectivity index (χ2v) is 9.04. The summed E-state index contributed by atoms with van der Waals surface area (Å²) in [5.41, 5.74) is 0.438. The number of urea groups is 1. The Bertz CT molecular complexity index is 1380. The number of anilines is 1. The van der Waals surface area contributed by atoms with E-state index in [9.17, 15) is 19.2 Å². The van der Waals surface area contributed by atoms with Gasteiger partial charge in [0.2, 0.25) is 0 Å². The van der Waals surface area contributed by atoms with Crippen molar-refractivity contribution in [2.24, 2.45) is 0 Å². The third-order valence-electron chi connectivity index (χ3n) is 4.98. The molecule has 0 spiro atoms. The van der Waals surface area contributed by atoms with Gasteiger partial charge in [-0.3, -0.25) is 14.9 Å². The number of benzene rings is 3. The second-order valence-electron chi connectivity index (χ2n) is 7.21. The summed E-state index contributed by atoms with van der Waals surface area (Å²) in [5, 5.41) is 2.17. The van der Waals surface area contributed by atoms with Crippen LogP contribution in [0, 0.1) is 0 Å². The van der Waals surface area contributed by atoms with Crippen molar-refractivity contribution in [2.45, 2.75) is 0 Å². The number of halogens is 2. The van der Waals surface area contributed by atoms with Crippen LogP contribution in [0.15, 0.2) is 81.2 Å². The maximum Gasteiger partial charge on any atom is 0.343 e. The van der Waals surface area contributed by atoms with Gasteiger partial charge < -0.3 is 9.47 Å². The van der Waals surface area contributed by atoms with E-state index in [2.05, 4.69) is 37.2 Å². The Kier molecular flexibility index (Phi) is 7.13. The quantitative estimate of drug-likeness (QED) is 0.189. The SMILES string of the molecule is COc1ccccc1N1C(=O)NC(=O)/C(=C/c2cc(Br)ccc2OC(=O)c2ccc(Br)cc2)C1=O. The van der Waals surface area contributed by atoms with E-state index in [1.807, 2.05) is 0 Å². The molecule has 4 rings (SSSR count). The second kappa shape index (κ2) is 10.2. The van der Waals surface area contributed by atoms with Gasteiger partial charge >= 0.3 is 12.0 Å². The van der Waals surface area contributed by atoms with E-state index in [1.54, 1.807) is 54.6 Å². The van der Waals surface area contributed by atoms with Crippen LogP contribution in [0.25, 0.3) is 6.08 Å². The van der Waals surface area contributed by atoms with Crippen LogP contribution in [-0.4, -0.2) is 30.9 Å². The van der Waals surface area contributed by atoms with Crippen LogP contribution in [-0.2, 0) is 9.59 Å². The third kappa shape index (κ3) is 5.18. The van der Waals surface area contributed by atoms with Crippen LogP contribution >= 0.6 is 31.9 Å². The van der Waals surface area contributed by atoms with Crippen molar-refractivity contribution >= 4 is 67.4 Å². The summed E-state index contributed by atoms with van der Waals surface area (Å²) in [5.74, 6) is -1.96. The fraction of sp³-hybridized carbons (Fsp3) is 0.0400. The smallest absolute Gasteiger partial charge is 0.343 e. The number of esters is 1. The molecular weight excluding hydrogens is 584 g/mol. The minimum absolute atomic E-state index is 0.120. The molecule has 0 unspecified atom stereocenters. The first kappa shape index (κ1) is 24.4. The maximum absolute atomic E-state index is 13.3. The number of imide groups is 2. The van der Waals surface area contributed by atoms with Gasteiger partial charge in [0.1, 0.15) is 17.1 Å². The van der Waals surface area contributed by atoms with Crippen molar-refractivity contribution in [1.29, 1.82) is 0 Å². The zero-order valence-corrected chi connectivity index (χ0v) is 21.3. The molecule has 0 aromatic heterocycles. The van der Waals surface area contributed by atoms with Crippen LogP contribution in [0.1, 0.15) is 15.9 Å². The molecule has 1 heterocycles. The van der Waals surface area contributed by atoms with Gasteiger partial charge in [0.25, 0.3) is 11.8 Å². The highest BCUT2D eigenvalue weighted by Gasteiger charge is 2.38. The van der Waals surface area contributed by atoms with Crippen molar-refractivity contribution in [3.8, 4) is 11.5 Å². The van der Waals surface area contributed by atoms with E-state index in [4.69, 9.17) is 9.47 Å². The summed E-state index contributed by atoms with van der Waals surface area (Å²) in [6.07, 6.45) is 1.27. The fourth-order valence-corrected chi connectivity index (χ4v) is 3.96. The number of methoxy groups -OCH3 is 1. The molecule has 3 aromatic rings. The van der Waals surface area contributed by atoms with Gasteiger partial charge in [-0.1, -0.05) is 44.0 Å². The Morgan fingerprint density at radius 2 is 1.60 bits per heavy atom. The molecule has 0 atom stereocenters. The topological polar surface area (TPSA) is 102 Å². The summed E-state index contributed by atoms with van der Waals surface area (Å²) >= 11 is 6.66. The minimum atomic E-state index is -0.905. The average molecular weight is 600 g/mol. The number of nitrogens with one attached hydrogen (secondary N) is 1. The summed E-state index contributed by atoms with van der Waals surface area (Å²) in [6.45, 7) is 0. The predicted molar refractivity (Wildman–Crippen MR) is 135 cm³/mol. The predicted octanol–water partition coefficient (Wildman–Crippen LogP) is 5.11. The zero-order chi connectivity index (χ0) is 25.1. The molecule has 0 saturated carbocycles. The number of barbiturate groups is 1. The number of rotatable bonds is 5. The Morgan fingerprint density at radius 1 is 0.914 bits per heavy atom. The molecule has 1 saturated heterocycles. The number of hydrogen-bond acceptors (Lipinski definition) is 6. The number of amides is 4. The molecule has 176 valence electrons. The van der Waals surface area contributed by atoms with Crippen LogP contribution in [0.2, 0.25) is 0 Å². The van der Waals surface area contributed by atoms with Gasteiger partial charge in [0.15, 0.2) is 0 Å². The highest BCUT2D eigenvalue weighted by atomic mass is 79.9. The molecule has 8 nitrogen and oxygen atoms in total. The first-order valence-electron chi connectivity index (χ1n) is 10.1. The summed E-state index contributed by atoms with van der Waals surface area (Å²) in [4.78, 5) is 51.9. The van der Waals surface area contributed by atoms with Crippen LogP contribution in [0.4, 0.5) is 10.5 Å². The molecule has 1 aliphatic heterocycles. The summed E-state index contributed by atoms with van der Waals surface area (Å²) < 4.78 is 12.2. The Hall–Kier alpha value is -3.76. The molecule has 4 amide bonds. The Labute approximate surface area is 216 Å². The van der Waals surface area contributed by atoms with Gasteiger partial charge in [0, 0.05) is 14.5 Å². The third-order valence-corrected chi connectivity index (χ3v) is 6.00. The molecule has 1 N–H and O–H groups in total.